The van der Waals surface area contributed by atoms with E-state index >= 15 is 0 Å². The highest BCUT2D eigenvalue weighted by molar-refractivity contribution is 6.07. The molecule has 0 atom stereocenters. The van der Waals surface area contributed by atoms with Crippen LogP contribution in [0, 0.1) is 5.82 Å². The van der Waals surface area contributed by atoms with Gasteiger partial charge in [-0.3, -0.25) is 4.79 Å². The van der Waals surface area contributed by atoms with Crippen molar-refractivity contribution in [1.29, 1.82) is 0 Å². The number of carboxylic acids is 2. The van der Waals surface area contributed by atoms with Crippen molar-refractivity contribution in [2.75, 3.05) is 12.3 Å². The summed E-state index contributed by atoms with van der Waals surface area (Å²) in [6.07, 6.45) is 1.49. The van der Waals surface area contributed by atoms with E-state index in [9.17, 15) is 29.0 Å². The number of aromatic carboxylic acids is 2. The normalized spacial score (nSPS) is 10.5. The Morgan fingerprint density at radius 1 is 1.23 bits per heavy atom. The molecule has 1 aromatic heterocycles. The zero-order chi connectivity index (χ0) is 19.4. The number of benzene rings is 1. The molecule has 2 aromatic rings. The van der Waals surface area contributed by atoms with Crippen molar-refractivity contribution >= 4 is 17.8 Å². The first-order valence-electron chi connectivity index (χ1n) is 7.73. The highest BCUT2D eigenvalue weighted by Gasteiger charge is 2.27. The van der Waals surface area contributed by atoms with Gasteiger partial charge in [0.05, 0.1) is 6.61 Å². The zero-order valence-corrected chi connectivity index (χ0v) is 13.8. The molecule has 0 aliphatic heterocycles. The molecule has 5 N–H and O–H groups in total. The molecule has 8 nitrogen and oxygen atoms in total. The van der Waals surface area contributed by atoms with Gasteiger partial charge in [0.2, 0.25) is 0 Å². The summed E-state index contributed by atoms with van der Waals surface area (Å²) in [4.78, 5) is 37.1. The Hall–Kier alpha value is -3.36. The van der Waals surface area contributed by atoms with Crippen molar-refractivity contribution in [2.24, 2.45) is 0 Å². The average molecular weight is 364 g/mol. The van der Waals surface area contributed by atoms with Gasteiger partial charge in [0, 0.05) is 5.56 Å². The number of carboxylic acid groups (broad SMARTS) is 2. The van der Waals surface area contributed by atoms with Crippen LogP contribution in [0.2, 0.25) is 0 Å². The van der Waals surface area contributed by atoms with Crippen molar-refractivity contribution in [3.05, 3.63) is 45.5 Å². The van der Waals surface area contributed by atoms with Gasteiger partial charge in [-0.15, -0.1) is 0 Å². The summed E-state index contributed by atoms with van der Waals surface area (Å²) in [5.41, 5.74) is 2.69. The maximum absolute atomic E-state index is 13.9. The Kier molecular flexibility index (Phi) is 5.61. The van der Waals surface area contributed by atoms with Crippen LogP contribution in [0.25, 0.3) is 11.1 Å². The lowest BCUT2D eigenvalue weighted by Gasteiger charge is -2.14. The molecule has 0 radical (unpaired) electrons. The van der Waals surface area contributed by atoms with Crippen LogP contribution in [-0.4, -0.2) is 33.7 Å². The number of aromatic amines is 1. The zero-order valence-electron chi connectivity index (χ0n) is 13.8. The maximum Gasteiger partial charge on any atom is 0.342 e. The Balaban J connectivity index is 2.74. The van der Waals surface area contributed by atoms with Crippen LogP contribution in [-0.2, 0) is 0 Å². The van der Waals surface area contributed by atoms with Crippen LogP contribution in [0.5, 0.6) is 5.75 Å². The molecule has 1 heterocycles. The lowest BCUT2D eigenvalue weighted by molar-refractivity contribution is 0.0695. The highest BCUT2D eigenvalue weighted by Crippen LogP contribution is 2.32. The van der Waals surface area contributed by atoms with Crippen LogP contribution in [0.3, 0.4) is 0 Å². The molecule has 0 spiro atoms. The summed E-state index contributed by atoms with van der Waals surface area (Å²) in [6, 6.07) is 3.32. The number of ether oxygens (including phenoxy) is 1. The third-order valence-electron chi connectivity index (χ3n) is 3.65. The first-order chi connectivity index (χ1) is 12.3. The van der Waals surface area contributed by atoms with Gasteiger partial charge in [0.15, 0.2) is 11.6 Å². The van der Waals surface area contributed by atoms with Crippen molar-refractivity contribution < 1.29 is 28.9 Å². The SMILES string of the molecule is CCCCOc1cc(-c2c(C(=O)O)c(N)[nH]c(=O)c2C(=O)O)ccc1F. The largest absolute Gasteiger partial charge is 0.490 e. The number of pyridine rings is 1. The number of nitrogen functional groups attached to an aromatic ring is 1. The molecular weight excluding hydrogens is 347 g/mol. The van der Waals surface area contributed by atoms with Crippen LogP contribution in [0.4, 0.5) is 10.2 Å². The third kappa shape index (κ3) is 3.66. The minimum Gasteiger partial charge on any atom is -0.490 e. The predicted octanol–water partition coefficient (Wildman–Crippen LogP) is 2.34. The molecule has 0 unspecified atom stereocenters. The fourth-order valence-electron chi connectivity index (χ4n) is 2.43. The molecule has 0 aliphatic rings. The quantitative estimate of drug-likeness (QED) is 0.552. The molecule has 0 amide bonds. The predicted molar refractivity (Wildman–Crippen MR) is 91.2 cm³/mol. The van der Waals surface area contributed by atoms with Gasteiger partial charge in [0.25, 0.3) is 5.56 Å². The Morgan fingerprint density at radius 3 is 2.46 bits per heavy atom. The van der Waals surface area contributed by atoms with E-state index in [1.165, 1.54) is 0 Å². The number of hydrogen-bond donors (Lipinski definition) is 4. The van der Waals surface area contributed by atoms with Crippen LogP contribution in [0.1, 0.15) is 40.5 Å². The summed E-state index contributed by atoms with van der Waals surface area (Å²) in [6.45, 7) is 2.15. The van der Waals surface area contributed by atoms with Crippen LogP contribution >= 0.6 is 0 Å². The van der Waals surface area contributed by atoms with Crippen molar-refractivity contribution in [3.8, 4) is 16.9 Å². The van der Waals surface area contributed by atoms with Crippen LogP contribution in [0.15, 0.2) is 23.0 Å². The minimum absolute atomic E-state index is 0.00880. The van der Waals surface area contributed by atoms with Gasteiger partial charge in [-0.2, -0.15) is 0 Å². The second kappa shape index (κ2) is 7.68. The number of aromatic nitrogens is 1. The lowest BCUT2D eigenvalue weighted by Crippen LogP contribution is -2.24. The minimum atomic E-state index is -1.64. The third-order valence-corrected chi connectivity index (χ3v) is 3.65. The number of anilines is 1. The first kappa shape index (κ1) is 19.0. The summed E-state index contributed by atoms with van der Waals surface area (Å²) >= 11 is 0. The topological polar surface area (TPSA) is 143 Å². The number of nitrogens with one attached hydrogen (secondary N) is 1. The van der Waals surface area contributed by atoms with E-state index in [0.717, 1.165) is 24.6 Å². The number of hydrogen-bond acceptors (Lipinski definition) is 5. The van der Waals surface area contributed by atoms with Crippen molar-refractivity contribution in [1.82, 2.24) is 4.98 Å². The van der Waals surface area contributed by atoms with E-state index < -0.39 is 45.8 Å². The number of halogens is 1. The van der Waals surface area contributed by atoms with E-state index in [1.807, 2.05) is 11.9 Å². The van der Waals surface area contributed by atoms with Gasteiger partial charge >= 0.3 is 11.9 Å². The number of rotatable bonds is 7. The smallest absolute Gasteiger partial charge is 0.342 e. The molecule has 1 aromatic carbocycles. The second-order valence-corrected chi connectivity index (χ2v) is 5.45. The fraction of sp³-hybridized carbons (Fsp3) is 0.235. The van der Waals surface area contributed by atoms with Gasteiger partial charge in [0.1, 0.15) is 16.9 Å². The summed E-state index contributed by atoms with van der Waals surface area (Å²) in [7, 11) is 0. The second-order valence-electron chi connectivity index (χ2n) is 5.45. The average Bonchev–Trinajstić information content (AvgIpc) is 2.55. The van der Waals surface area contributed by atoms with E-state index in [2.05, 4.69) is 0 Å². The van der Waals surface area contributed by atoms with E-state index in [0.29, 0.717) is 6.42 Å². The van der Waals surface area contributed by atoms with E-state index in [1.54, 1.807) is 0 Å². The summed E-state index contributed by atoms with van der Waals surface area (Å²) in [5, 5.41) is 18.7. The molecular formula is C17H17FN2O6. The Bertz CT molecular complexity index is 922. The molecule has 0 bridgehead atoms. The number of unbranched alkanes of at least 4 members (excludes halogenated alkanes) is 1. The van der Waals surface area contributed by atoms with E-state index in [4.69, 9.17) is 10.5 Å². The first-order valence-corrected chi connectivity index (χ1v) is 7.73. The van der Waals surface area contributed by atoms with Crippen molar-refractivity contribution in [2.45, 2.75) is 19.8 Å². The number of nitrogens with two attached hydrogens (primary N) is 1. The van der Waals surface area contributed by atoms with Gasteiger partial charge in [-0.25, -0.2) is 14.0 Å². The molecule has 9 heteroatoms. The monoisotopic (exact) mass is 364 g/mol. The molecule has 26 heavy (non-hydrogen) atoms. The maximum atomic E-state index is 13.9. The Morgan fingerprint density at radius 2 is 1.88 bits per heavy atom. The van der Waals surface area contributed by atoms with E-state index in [-0.39, 0.29) is 17.9 Å². The van der Waals surface area contributed by atoms with Crippen molar-refractivity contribution in [3.63, 3.8) is 0 Å². The summed E-state index contributed by atoms with van der Waals surface area (Å²) in [5.74, 6) is -4.55. The number of H-pyrrole nitrogens is 1. The van der Waals surface area contributed by atoms with Gasteiger partial charge < -0.3 is 25.7 Å². The van der Waals surface area contributed by atoms with Gasteiger partial charge in [-0.1, -0.05) is 19.4 Å². The van der Waals surface area contributed by atoms with Crippen LogP contribution < -0.4 is 16.0 Å². The molecule has 0 aliphatic carbocycles. The van der Waals surface area contributed by atoms with Gasteiger partial charge in [-0.05, 0) is 24.1 Å². The molecule has 0 saturated carbocycles. The highest BCUT2D eigenvalue weighted by atomic mass is 19.1. The Labute approximate surface area is 147 Å². The standard InChI is InChI=1S/C17H17FN2O6/c1-2-3-6-26-10-7-8(4-5-9(10)18)11-12(16(22)23)14(19)20-15(21)13(11)17(24)25/h4-5,7H,2-3,6H2,1H3,(H,22,23)(H,24,25)(H3,19,20,21). The summed E-state index contributed by atoms with van der Waals surface area (Å²) < 4.78 is 19.3. The molecule has 138 valence electrons. The molecule has 2 rings (SSSR count). The fourth-order valence-corrected chi connectivity index (χ4v) is 2.43. The lowest BCUT2D eigenvalue weighted by atomic mass is 9.95. The number of carbonyl (C=O) groups is 2. The molecule has 0 fully saturated rings. The molecule has 0 saturated heterocycles.